The van der Waals surface area contributed by atoms with Crippen LogP contribution < -0.4 is 11.1 Å². The van der Waals surface area contributed by atoms with Crippen LogP contribution in [0.4, 0.5) is 4.79 Å². The average Bonchev–Trinajstić information content (AvgIpc) is 2.56. The van der Waals surface area contributed by atoms with Gasteiger partial charge in [-0.15, -0.1) is 0 Å². The second-order valence-corrected chi connectivity index (χ2v) is 3.54. The molecule has 0 bridgehead atoms. The van der Waals surface area contributed by atoms with Gasteiger partial charge in [-0.25, -0.2) is 4.79 Å². The molecule has 2 aliphatic rings. The number of hydrogen-bond donors (Lipinski definition) is 2. The highest BCUT2D eigenvalue weighted by Gasteiger charge is 2.41. The maximum atomic E-state index is 11.3. The number of nitrogens with zero attached hydrogens (tertiary/aromatic N) is 1. The number of amides is 2. The lowest BCUT2D eigenvalue weighted by Gasteiger charge is -2.20. The first kappa shape index (κ1) is 7.86. The zero-order valence-corrected chi connectivity index (χ0v) is 7.12. The number of urea groups is 1. The molecule has 0 spiro atoms. The van der Waals surface area contributed by atoms with E-state index in [9.17, 15) is 4.79 Å². The SMILES string of the molecule is NCCN1C(=O)NC2CCCC21. The molecule has 0 radical (unpaired) electrons. The van der Waals surface area contributed by atoms with E-state index in [2.05, 4.69) is 5.32 Å². The molecule has 1 heterocycles. The minimum Gasteiger partial charge on any atom is -0.333 e. The first-order valence-corrected chi connectivity index (χ1v) is 4.60. The number of nitrogens with two attached hydrogens (primary N) is 1. The van der Waals surface area contributed by atoms with E-state index >= 15 is 0 Å². The van der Waals surface area contributed by atoms with E-state index in [1.807, 2.05) is 4.90 Å². The number of rotatable bonds is 2. The van der Waals surface area contributed by atoms with Gasteiger partial charge in [0.15, 0.2) is 0 Å². The van der Waals surface area contributed by atoms with E-state index < -0.39 is 0 Å². The minimum absolute atomic E-state index is 0.0788. The lowest BCUT2D eigenvalue weighted by Crippen LogP contribution is -2.37. The Hall–Kier alpha value is -0.770. The number of fused-ring (bicyclic) bond motifs is 1. The van der Waals surface area contributed by atoms with Gasteiger partial charge >= 0.3 is 6.03 Å². The van der Waals surface area contributed by atoms with Crippen molar-refractivity contribution in [3.8, 4) is 0 Å². The van der Waals surface area contributed by atoms with Gasteiger partial charge < -0.3 is 16.0 Å². The van der Waals surface area contributed by atoms with Gasteiger partial charge in [-0.3, -0.25) is 0 Å². The second-order valence-electron chi connectivity index (χ2n) is 3.54. The van der Waals surface area contributed by atoms with E-state index in [1.165, 1.54) is 6.42 Å². The van der Waals surface area contributed by atoms with Crippen molar-refractivity contribution >= 4 is 6.03 Å². The Kier molecular flexibility index (Phi) is 1.92. The summed E-state index contributed by atoms with van der Waals surface area (Å²) in [5.41, 5.74) is 5.43. The standard InChI is InChI=1S/C8H15N3O/c9-4-5-11-7-3-1-2-6(7)10-8(11)12/h6-7H,1-5,9H2,(H,10,12). The Morgan fingerprint density at radius 2 is 2.42 bits per heavy atom. The van der Waals surface area contributed by atoms with E-state index in [0.717, 1.165) is 12.8 Å². The molecule has 4 nitrogen and oxygen atoms in total. The van der Waals surface area contributed by atoms with E-state index in [4.69, 9.17) is 5.73 Å². The number of carbonyl (C=O) groups excluding carboxylic acids is 1. The van der Waals surface area contributed by atoms with Crippen LogP contribution in [0.25, 0.3) is 0 Å². The Morgan fingerprint density at radius 1 is 1.58 bits per heavy atom. The Labute approximate surface area is 72.1 Å². The summed E-state index contributed by atoms with van der Waals surface area (Å²) < 4.78 is 0. The zero-order valence-electron chi connectivity index (χ0n) is 7.12. The molecular formula is C8H15N3O. The first-order chi connectivity index (χ1) is 5.83. The summed E-state index contributed by atoms with van der Waals surface area (Å²) in [7, 11) is 0. The molecular weight excluding hydrogens is 154 g/mol. The van der Waals surface area contributed by atoms with Gasteiger partial charge in [0, 0.05) is 13.1 Å². The third kappa shape index (κ3) is 1.06. The van der Waals surface area contributed by atoms with Crippen LogP contribution in [0.15, 0.2) is 0 Å². The molecule has 1 saturated carbocycles. The molecule has 4 heteroatoms. The lowest BCUT2D eigenvalue weighted by molar-refractivity contribution is 0.204. The highest BCUT2D eigenvalue weighted by atomic mass is 16.2. The molecule has 2 amide bonds. The third-order valence-corrected chi connectivity index (χ3v) is 2.82. The second kappa shape index (κ2) is 2.94. The third-order valence-electron chi connectivity index (χ3n) is 2.82. The van der Waals surface area contributed by atoms with Gasteiger partial charge in [-0.2, -0.15) is 0 Å². The van der Waals surface area contributed by atoms with Gasteiger partial charge in [0.1, 0.15) is 0 Å². The molecule has 0 aromatic carbocycles. The van der Waals surface area contributed by atoms with Gasteiger partial charge in [-0.05, 0) is 19.3 Å². The fraction of sp³-hybridized carbons (Fsp3) is 0.875. The summed E-state index contributed by atoms with van der Waals surface area (Å²) in [5, 5.41) is 2.98. The summed E-state index contributed by atoms with van der Waals surface area (Å²) in [6.07, 6.45) is 3.51. The topological polar surface area (TPSA) is 58.4 Å². The fourth-order valence-corrected chi connectivity index (χ4v) is 2.28. The predicted octanol–water partition coefficient (Wildman–Crippen LogP) is -0.109. The fourth-order valence-electron chi connectivity index (χ4n) is 2.28. The maximum absolute atomic E-state index is 11.3. The summed E-state index contributed by atoms with van der Waals surface area (Å²) >= 11 is 0. The van der Waals surface area contributed by atoms with E-state index in [0.29, 0.717) is 25.2 Å². The highest BCUT2D eigenvalue weighted by Crippen LogP contribution is 2.28. The monoisotopic (exact) mass is 169 g/mol. The maximum Gasteiger partial charge on any atom is 0.318 e. The molecule has 3 N–H and O–H groups in total. The lowest BCUT2D eigenvalue weighted by atomic mass is 10.2. The molecule has 12 heavy (non-hydrogen) atoms. The predicted molar refractivity (Wildman–Crippen MR) is 45.7 cm³/mol. The molecule has 2 rings (SSSR count). The Morgan fingerprint density at radius 3 is 3.17 bits per heavy atom. The minimum atomic E-state index is 0.0788. The van der Waals surface area contributed by atoms with Crippen molar-refractivity contribution in [3.05, 3.63) is 0 Å². The van der Waals surface area contributed by atoms with Crippen LogP contribution in [0.5, 0.6) is 0 Å². The van der Waals surface area contributed by atoms with Crippen LogP contribution in [0.3, 0.4) is 0 Å². The van der Waals surface area contributed by atoms with E-state index in [-0.39, 0.29) is 6.03 Å². The smallest absolute Gasteiger partial charge is 0.318 e. The van der Waals surface area contributed by atoms with Gasteiger partial charge in [-0.1, -0.05) is 0 Å². The Balaban J connectivity index is 2.05. The molecule has 68 valence electrons. The Bertz CT molecular complexity index is 195. The molecule has 2 unspecified atom stereocenters. The van der Waals surface area contributed by atoms with Crippen molar-refractivity contribution in [1.29, 1.82) is 0 Å². The molecule has 0 aromatic rings. The number of nitrogens with one attached hydrogen (secondary N) is 1. The van der Waals surface area contributed by atoms with Crippen LogP contribution in [0, 0.1) is 0 Å². The van der Waals surface area contributed by atoms with Gasteiger partial charge in [0.05, 0.1) is 12.1 Å². The summed E-state index contributed by atoms with van der Waals surface area (Å²) in [5.74, 6) is 0. The first-order valence-electron chi connectivity index (χ1n) is 4.60. The molecule has 2 fully saturated rings. The molecule has 1 aliphatic carbocycles. The van der Waals surface area contributed by atoms with Crippen molar-refractivity contribution in [2.24, 2.45) is 5.73 Å². The van der Waals surface area contributed by atoms with Crippen molar-refractivity contribution in [2.45, 2.75) is 31.3 Å². The van der Waals surface area contributed by atoms with E-state index in [1.54, 1.807) is 0 Å². The summed E-state index contributed by atoms with van der Waals surface area (Å²) in [6, 6.07) is 0.917. The largest absolute Gasteiger partial charge is 0.333 e. The van der Waals surface area contributed by atoms with Crippen molar-refractivity contribution in [3.63, 3.8) is 0 Å². The number of hydrogen-bond acceptors (Lipinski definition) is 2. The molecule has 0 aromatic heterocycles. The van der Waals surface area contributed by atoms with Crippen LogP contribution >= 0.6 is 0 Å². The average molecular weight is 169 g/mol. The van der Waals surface area contributed by atoms with Gasteiger partial charge in [0.2, 0.25) is 0 Å². The quantitative estimate of drug-likeness (QED) is 0.606. The molecule has 1 saturated heterocycles. The van der Waals surface area contributed by atoms with Gasteiger partial charge in [0.25, 0.3) is 0 Å². The van der Waals surface area contributed by atoms with Crippen molar-refractivity contribution in [1.82, 2.24) is 10.2 Å². The zero-order chi connectivity index (χ0) is 8.55. The van der Waals surface area contributed by atoms with Crippen molar-refractivity contribution in [2.75, 3.05) is 13.1 Å². The number of carbonyl (C=O) groups is 1. The highest BCUT2D eigenvalue weighted by molar-refractivity contribution is 5.77. The molecule has 1 aliphatic heterocycles. The summed E-state index contributed by atoms with van der Waals surface area (Å²) in [6.45, 7) is 1.27. The summed E-state index contributed by atoms with van der Waals surface area (Å²) in [4.78, 5) is 13.2. The van der Waals surface area contributed by atoms with Crippen LogP contribution in [-0.2, 0) is 0 Å². The van der Waals surface area contributed by atoms with Crippen LogP contribution in [-0.4, -0.2) is 36.1 Å². The van der Waals surface area contributed by atoms with Crippen LogP contribution in [0.2, 0.25) is 0 Å². The van der Waals surface area contributed by atoms with Crippen LogP contribution in [0.1, 0.15) is 19.3 Å². The normalized spacial score (nSPS) is 33.8. The van der Waals surface area contributed by atoms with Crippen molar-refractivity contribution < 1.29 is 4.79 Å². The molecule has 2 atom stereocenters.